The highest BCUT2D eigenvalue weighted by Crippen LogP contribution is 2.40. The third-order valence-corrected chi connectivity index (χ3v) is 5.10. The van der Waals surface area contributed by atoms with E-state index in [0.29, 0.717) is 17.0 Å². The predicted molar refractivity (Wildman–Crippen MR) is 113 cm³/mol. The van der Waals surface area contributed by atoms with E-state index in [1.165, 1.54) is 30.5 Å². The van der Waals surface area contributed by atoms with Crippen molar-refractivity contribution in [3.63, 3.8) is 0 Å². The molecule has 2 heterocycles. The monoisotopic (exact) mass is 469 g/mol. The first-order valence-electron chi connectivity index (χ1n) is 9.94. The number of nitrogens with zero attached hydrogens (tertiary/aromatic N) is 2. The molecule has 172 valence electrons. The molecule has 10 heteroatoms. The predicted octanol–water partition coefficient (Wildman–Crippen LogP) is 5.07. The number of hydrogen-bond donors (Lipinski definition) is 1. The molecule has 0 bridgehead atoms. The van der Waals surface area contributed by atoms with Crippen molar-refractivity contribution >= 4 is 29.4 Å². The van der Waals surface area contributed by atoms with Gasteiger partial charge in [-0.3, -0.25) is 9.69 Å². The molecule has 1 aliphatic rings. The highest BCUT2D eigenvalue weighted by Gasteiger charge is 2.53. The number of alkyl halides is 3. The minimum Gasteiger partial charge on any atom is -0.444 e. The summed E-state index contributed by atoms with van der Waals surface area (Å²) in [5.41, 5.74) is -0.189. The Morgan fingerprint density at radius 2 is 1.81 bits per heavy atom. The first kappa shape index (κ1) is 23.8. The van der Waals surface area contributed by atoms with Gasteiger partial charge in [-0.15, -0.1) is 0 Å². The summed E-state index contributed by atoms with van der Waals surface area (Å²) in [6.45, 7) is 4.83. The Morgan fingerprint density at radius 3 is 2.41 bits per heavy atom. The first-order valence-corrected chi connectivity index (χ1v) is 10.3. The zero-order chi connectivity index (χ0) is 23.7. The maximum Gasteiger partial charge on any atom is 0.408 e. The summed E-state index contributed by atoms with van der Waals surface area (Å²) in [7, 11) is 0. The van der Waals surface area contributed by atoms with E-state index < -0.39 is 35.7 Å². The van der Waals surface area contributed by atoms with Gasteiger partial charge < -0.3 is 10.1 Å². The molecule has 2 atom stereocenters. The average molecular weight is 470 g/mol. The van der Waals surface area contributed by atoms with Gasteiger partial charge in [0.05, 0.1) is 6.04 Å². The highest BCUT2D eigenvalue weighted by atomic mass is 35.5. The molecule has 0 fully saturated rings. The Labute approximate surface area is 188 Å². The molecular weight excluding hydrogens is 447 g/mol. The van der Waals surface area contributed by atoms with Crippen molar-refractivity contribution in [1.82, 2.24) is 10.3 Å². The summed E-state index contributed by atoms with van der Waals surface area (Å²) in [6, 6.07) is 7.11. The summed E-state index contributed by atoms with van der Waals surface area (Å²) < 4.78 is 48.1. The third-order valence-electron chi connectivity index (χ3n) is 4.85. The van der Waals surface area contributed by atoms with Crippen LogP contribution in [0.1, 0.15) is 37.9 Å². The summed E-state index contributed by atoms with van der Waals surface area (Å²) in [5, 5.41) is 2.56. The number of ether oxygens (including phenoxy) is 1. The van der Waals surface area contributed by atoms with E-state index in [2.05, 4.69) is 10.3 Å². The van der Waals surface area contributed by atoms with Gasteiger partial charge in [0.1, 0.15) is 11.4 Å². The van der Waals surface area contributed by atoms with Crippen LogP contribution in [0.4, 0.5) is 23.8 Å². The summed E-state index contributed by atoms with van der Waals surface area (Å²) >= 11 is 5.88. The number of aromatic nitrogens is 1. The fraction of sp³-hybridized carbons (Fsp3) is 0.409. The number of halogens is 4. The van der Waals surface area contributed by atoms with E-state index in [9.17, 15) is 22.8 Å². The van der Waals surface area contributed by atoms with Crippen molar-refractivity contribution in [2.45, 2.75) is 45.0 Å². The number of pyridine rings is 1. The SMILES string of the molecule is CC(C)(C)OC(=O)N[C@H](c1ccc(Cl)cc1)[C@@H](C(=O)N1CCc2cccnc21)C(F)(F)F. The fourth-order valence-corrected chi connectivity index (χ4v) is 3.65. The fourth-order valence-electron chi connectivity index (χ4n) is 3.52. The largest absolute Gasteiger partial charge is 0.444 e. The Hall–Kier alpha value is -2.81. The number of carbonyl (C=O) groups is 2. The lowest BCUT2D eigenvalue weighted by atomic mass is 9.91. The molecule has 0 aliphatic carbocycles. The normalized spacial score (nSPS) is 15.7. The van der Waals surface area contributed by atoms with E-state index in [0.717, 1.165) is 4.90 Å². The topological polar surface area (TPSA) is 71.5 Å². The van der Waals surface area contributed by atoms with Gasteiger partial charge in [-0.05, 0) is 56.5 Å². The lowest BCUT2D eigenvalue weighted by Crippen LogP contribution is -2.50. The van der Waals surface area contributed by atoms with Gasteiger partial charge in [0.2, 0.25) is 5.91 Å². The molecule has 3 rings (SSSR count). The van der Waals surface area contributed by atoms with Crippen molar-refractivity contribution in [2.75, 3.05) is 11.4 Å². The highest BCUT2D eigenvalue weighted by molar-refractivity contribution is 6.30. The van der Waals surface area contributed by atoms with Crippen LogP contribution in [0.2, 0.25) is 5.02 Å². The van der Waals surface area contributed by atoms with Gasteiger partial charge >= 0.3 is 12.3 Å². The van der Waals surface area contributed by atoms with Crippen LogP contribution < -0.4 is 10.2 Å². The molecule has 0 spiro atoms. The number of amides is 2. The first-order chi connectivity index (χ1) is 14.9. The minimum atomic E-state index is -4.96. The molecule has 2 amide bonds. The van der Waals surface area contributed by atoms with E-state index in [1.54, 1.807) is 32.9 Å². The molecule has 32 heavy (non-hydrogen) atoms. The molecule has 1 aliphatic heterocycles. The van der Waals surface area contributed by atoms with Crippen molar-refractivity contribution in [2.24, 2.45) is 5.92 Å². The second-order valence-electron chi connectivity index (χ2n) is 8.42. The second kappa shape index (κ2) is 8.97. The van der Waals surface area contributed by atoms with E-state index >= 15 is 0 Å². The number of nitrogens with one attached hydrogen (secondary N) is 1. The van der Waals surface area contributed by atoms with Crippen LogP contribution in [0.15, 0.2) is 42.6 Å². The Morgan fingerprint density at radius 1 is 1.16 bits per heavy atom. The number of benzene rings is 1. The molecule has 0 saturated heterocycles. The molecule has 0 unspecified atom stereocenters. The van der Waals surface area contributed by atoms with E-state index in [1.807, 2.05) is 0 Å². The van der Waals surface area contributed by atoms with E-state index in [-0.39, 0.29) is 17.9 Å². The Kier molecular flexibility index (Phi) is 6.69. The van der Waals surface area contributed by atoms with E-state index in [4.69, 9.17) is 16.3 Å². The van der Waals surface area contributed by atoms with Crippen molar-refractivity contribution in [3.05, 3.63) is 58.7 Å². The van der Waals surface area contributed by atoms with Crippen LogP contribution in [-0.2, 0) is 16.0 Å². The van der Waals surface area contributed by atoms with Gasteiger partial charge in [-0.25, -0.2) is 9.78 Å². The quantitative estimate of drug-likeness (QED) is 0.678. The van der Waals surface area contributed by atoms with Crippen LogP contribution in [-0.4, -0.2) is 35.3 Å². The maximum atomic E-state index is 14.3. The second-order valence-corrected chi connectivity index (χ2v) is 8.86. The standard InChI is InChI=1S/C22H23ClF3N3O3/c1-21(2,3)32-20(31)28-17(13-6-8-15(23)9-7-13)16(22(24,25)26)19(30)29-12-10-14-5-4-11-27-18(14)29/h4-9,11,16-17H,10,12H2,1-3H3,(H,28,31)/t16-,17+/m0/s1. The molecule has 6 nitrogen and oxygen atoms in total. The molecule has 1 N–H and O–H groups in total. The summed E-state index contributed by atoms with van der Waals surface area (Å²) in [5.74, 6) is -3.58. The van der Waals surface area contributed by atoms with Gasteiger partial charge in [-0.2, -0.15) is 13.2 Å². The molecule has 2 aromatic rings. The molecule has 0 saturated carbocycles. The number of alkyl carbamates (subject to hydrolysis) is 1. The smallest absolute Gasteiger partial charge is 0.408 e. The van der Waals surface area contributed by atoms with Crippen molar-refractivity contribution in [1.29, 1.82) is 0 Å². The zero-order valence-electron chi connectivity index (χ0n) is 17.7. The minimum absolute atomic E-state index is 0.0661. The lowest BCUT2D eigenvalue weighted by molar-refractivity contribution is -0.187. The van der Waals surface area contributed by atoms with Crippen LogP contribution in [0, 0.1) is 5.92 Å². The van der Waals surface area contributed by atoms with Crippen LogP contribution in [0.3, 0.4) is 0 Å². The third kappa shape index (κ3) is 5.51. The number of hydrogen-bond acceptors (Lipinski definition) is 4. The maximum absolute atomic E-state index is 14.3. The molecule has 1 aromatic carbocycles. The van der Waals surface area contributed by atoms with Gasteiger partial charge in [-0.1, -0.05) is 29.8 Å². The van der Waals surface area contributed by atoms with Crippen LogP contribution in [0.25, 0.3) is 0 Å². The van der Waals surface area contributed by atoms with Crippen molar-refractivity contribution in [3.8, 4) is 0 Å². The van der Waals surface area contributed by atoms with Crippen LogP contribution >= 0.6 is 11.6 Å². The number of fused-ring (bicyclic) bond motifs is 1. The number of carbonyl (C=O) groups excluding carboxylic acids is 2. The average Bonchev–Trinajstić information content (AvgIpc) is 3.09. The summed E-state index contributed by atoms with van der Waals surface area (Å²) in [6.07, 6.45) is -4.22. The van der Waals surface area contributed by atoms with Gasteiger partial charge in [0, 0.05) is 17.8 Å². The number of anilines is 1. The summed E-state index contributed by atoms with van der Waals surface area (Å²) in [4.78, 5) is 30.8. The van der Waals surface area contributed by atoms with Crippen LogP contribution in [0.5, 0.6) is 0 Å². The molecule has 0 radical (unpaired) electrons. The molecule has 1 aromatic heterocycles. The number of rotatable bonds is 4. The lowest BCUT2D eigenvalue weighted by Gasteiger charge is -2.32. The Balaban J connectivity index is 2.02. The Bertz CT molecular complexity index is 990. The van der Waals surface area contributed by atoms with Gasteiger partial charge in [0.15, 0.2) is 5.92 Å². The molecular formula is C22H23ClF3N3O3. The van der Waals surface area contributed by atoms with Gasteiger partial charge in [0.25, 0.3) is 0 Å². The zero-order valence-corrected chi connectivity index (χ0v) is 18.5. The van der Waals surface area contributed by atoms with Crippen molar-refractivity contribution < 1.29 is 27.5 Å².